The standard InChI is InChI=1S/C87H110N2O4/c1-52-28-30-56(42-54(52)3)62-48-68(86(23,24)50-80(5,6)7)78(74(76(62)90)88-70-36-32-58(82(11,12)13)44-64(70)65-45-59(83(14,15)16)33-37-71(65)88)92-40-27-41-93-79-69(87(25,26)51-81(8,9)10)49-63(57-31-29-53(2)55(4)43-57)77(91)75(79)89-72-38-34-60(84(17,18)19)46-66(72)67-47-61(85(20,21)22)35-39-73(67)89/h28-39,42-49,90-91H,27,40-41,50-51H2,1-26H3. The zero-order valence-corrected chi connectivity index (χ0v) is 61.7. The summed E-state index contributed by atoms with van der Waals surface area (Å²) in [5, 5.41) is 31.7. The maximum atomic E-state index is 13.6. The van der Waals surface area contributed by atoms with Crippen molar-refractivity contribution in [2.45, 2.75) is 232 Å². The summed E-state index contributed by atoms with van der Waals surface area (Å²) in [6.07, 6.45) is 2.19. The molecule has 0 aliphatic rings. The Morgan fingerprint density at radius 3 is 0.860 bits per heavy atom. The Morgan fingerprint density at radius 1 is 0.333 bits per heavy atom. The van der Waals surface area contributed by atoms with E-state index in [0.29, 0.717) is 29.3 Å². The van der Waals surface area contributed by atoms with Gasteiger partial charge in [0.15, 0.2) is 23.0 Å². The molecular weight excluding hydrogens is 1140 g/mol. The summed E-state index contributed by atoms with van der Waals surface area (Å²) >= 11 is 0. The number of fused-ring (bicyclic) bond motifs is 6. The maximum absolute atomic E-state index is 13.6. The Bertz CT molecular complexity index is 4100. The minimum Gasteiger partial charge on any atom is -0.505 e. The van der Waals surface area contributed by atoms with Crippen molar-refractivity contribution >= 4 is 43.6 Å². The molecule has 0 atom stereocenters. The highest BCUT2D eigenvalue weighted by atomic mass is 16.5. The lowest BCUT2D eigenvalue weighted by Gasteiger charge is -2.36. The van der Waals surface area contributed by atoms with Crippen molar-refractivity contribution in [1.29, 1.82) is 0 Å². The monoisotopic (exact) mass is 1250 g/mol. The first-order valence-corrected chi connectivity index (χ1v) is 34.3. The number of benzene rings is 8. The predicted molar refractivity (Wildman–Crippen MR) is 399 cm³/mol. The topological polar surface area (TPSA) is 68.8 Å². The molecule has 0 spiro atoms. The molecular formula is C87H110N2O4. The molecule has 0 fully saturated rings. The van der Waals surface area contributed by atoms with Crippen molar-refractivity contribution < 1.29 is 19.7 Å². The third-order valence-corrected chi connectivity index (χ3v) is 19.7. The van der Waals surface area contributed by atoms with E-state index in [0.717, 1.165) is 101 Å². The van der Waals surface area contributed by atoms with Gasteiger partial charge in [0.1, 0.15) is 11.4 Å². The van der Waals surface area contributed by atoms with E-state index in [2.05, 4.69) is 310 Å². The molecule has 10 rings (SSSR count). The molecule has 6 heteroatoms. The van der Waals surface area contributed by atoms with E-state index >= 15 is 0 Å². The van der Waals surface area contributed by atoms with Gasteiger partial charge in [0.2, 0.25) is 0 Å². The van der Waals surface area contributed by atoms with Gasteiger partial charge in [-0.1, -0.05) is 213 Å². The summed E-state index contributed by atoms with van der Waals surface area (Å²) in [5.74, 6) is 1.66. The Balaban J connectivity index is 1.21. The number of aryl methyl sites for hydroxylation is 4. The number of aromatic nitrogens is 2. The quantitative estimate of drug-likeness (QED) is 0.106. The van der Waals surface area contributed by atoms with Crippen LogP contribution in [0.1, 0.15) is 227 Å². The third-order valence-electron chi connectivity index (χ3n) is 19.7. The molecule has 0 unspecified atom stereocenters. The molecule has 0 bridgehead atoms. The molecule has 0 aliphatic carbocycles. The minimum atomic E-state index is -0.431. The summed E-state index contributed by atoms with van der Waals surface area (Å²) in [5.41, 5.74) is 19.1. The molecule has 0 amide bonds. The van der Waals surface area contributed by atoms with Gasteiger partial charge in [-0.3, -0.25) is 0 Å². The number of aromatic hydroxyl groups is 2. The molecule has 0 saturated carbocycles. The van der Waals surface area contributed by atoms with E-state index in [-0.39, 0.29) is 57.2 Å². The van der Waals surface area contributed by atoms with Crippen molar-refractivity contribution in [3.8, 4) is 56.6 Å². The fraction of sp³-hybridized carbons (Fsp3) is 0.448. The summed E-state index contributed by atoms with van der Waals surface area (Å²) in [6, 6.07) is 45.1. The Morgan fingerprint density at radius 2 is 0.613 bits per heavy atom. The first-order valence-electron chi connectivity index (χ1n) is 34.3. The zero-order valence-electron chi connectivity index (χ0n) is 61.7. The average molecular weight is 1250 g/mol. The van der Waals surface area contributed by atoms with Crippen LogP contribution in [0.15, 0.2) is 121 Å². The minimum absolute atomic E-state index is 0.0530. The summed E-state index contributed by atoms with van der Waals surface area (Å²) in [6.45, 7) is 59.7. The number of phenols is 2. The van der Waals surface area contributed by atoms with Crippen LogP contribution in [-0.2, 0) is 32.5 Å². The van der Waals surface area contributed by atoms with Crippen LogP contribution in [-0.4, -0.2) is 32.6 Å². The number of hydrogen-bond acceptors (Lipinski definition) is 4. The molecule has 0 radical (unpaired) electrons. The summed E-state index contributed by atoms with van der Waals surface area (Å²) < 4.78 is 19.7. The van der Waals surface area contributed by atoms with Gasteiger partial charge in [0.05, 0.1) is 35.3 Å². The van der Waals surface area contributed by atoms with Gasteiger partial charge in [-0.2, -0.15) is 0 Å². The lowest BCUT2D eigenvalue weighted by Crippen LogP contribution is -2.27. The van der Waals surface area contributed by atoms with Crippen molar-refractivity contribution in [3.05, 3.63) is 177 Å². The molecule has 492 valence electrons. The highest BCUT2D eigenvalue weighted by Gasteiger charge is 2.38. The Hall–Kier alpha value is -7.44. The molecule has 0 aliphatic heterocycles. The van der Waals surface area contributed by atoms with Crippen LogP contribution in [0.3, 0.4) is 0 Å². The molecule has 2 aromatic heterocycles. The fourth-order valence-electron chi connectivity index (χ4n) is 14.9. The normalized spacial score (nSPS) is 13.4. The lowest BCUT2D eigenvalue weighted by molar-refractivity contribution is 0.229. The van der Waals surface area contributed by atoms with Gasteiger partial charge in [-0.15, -0.1) is 0 Å². The molecule has 10 aromatic rings. The molecule has 6 nitrogen and oxygen atoms in total. The van der Waals surface area contributed by atoms with E-state index in [1.54, 1.807) is 0 Å². The highest BCUT2D eigenvalue weighted by molar-refractivity contribution is 6.12. The van der Waals surface area contributed by atoms with E-state index in [1.165, 1.54) is 33.4 Å². The van der Waals surface area contributed by atoms with Crippen molar-refractivity contribution in [1.82, 2.24) is 9.13 Å². The molecule has 2 N–H and O–H groups in total. The number of rotatable bonds is 14. The number of ether oxygens (including phenoxy) is 2. The van der Waals surface area contributed by atoms with Gasteiger partial charge in [0.25, 0.3) is 0 Å². The van der Waals surface area contributed by atoms with E-state index in [9.17, 15) is 10.2 Å². The van der Waals surface area contributed by atoms with Crippen molar-refractivity contribution in [3.63, 3.8) is 0 Å². The van der Waals surface area contributed by atoms with E-state index in [4.69, 9.17) is 9.47 Å². The fourth-order valence-corrected chi connectivity index (χ4v) is 14.9. The van der Waals surface area contributed by atoms with Gasteiger partial charge in [-0.05, 0) is 200 Å². The molecule has 8 aromatic carbocycles. The summed E-state index contributed by atoms with van der Waals surface area (Å²) in [7, 11) is 0. The van der Waals surface area contributed by atoms with Gasteiger partial charge < -0.3 is 28.8 Å². The largest absolute Gasteiger partial charge is 0.505 e. The van der Waals surface area contributed by atoms with Crippen molar-refractivity contribution in [2.24, 2.45) is 10.8 Å². The number of nitrogens with zero attached hydrogens (tertiary/aromatic N) is 2. The van der Waals surface area contributed by atoms with Crippen LogP contribution < -0.4 is 9.47 Å². The molecule has 2 heterocycles. The van der Waals surface area contributed by atoms with E-state index in [1.807, 2.05) is 0 Å². The van der Waals surface area contributed by atoms with Gasteiger partial charge in [0, 0.05) is 50.2 Å². The molecule has 0 saturated heterocycles. The van der Waals surface area contributed by atoms with Crippen LogP contribution in [0.25, 0.3) is 77.2 Å². The third kappa shape index (κ3) is 13.5. The van der Waals surface area contributed by atoms with Crippen LogP contribution in [0.4, 0.5) is 0 Å². The van der Waals surface area contributed by atoms with Crippen molar-refractivity contribution in [2.75, 3.05) is 13.2 Å². The Kier molecular flexibility index (Phi) is 17.5. The van der Waals surface area contributed by atoms with E-state index < -0.39 is 10.8 Å². The SMILES string of the molecule is Cc1ccc(-c2cc(C(C)(C)CC(C)(C)C)c(OCCCOc3c(C(C)(C)CC(C)(C)C)cc(-c4ccc(C)c(C)c4)c(O)c3-n3c4ccc(C(C)(C)C)cc4c4cc(C(C)(C)C)ccc43)c(-n3c4ccc(C(C)(C)C)cc4c4cc(C(C)(C)C)ccc43)c2O)cc1C. The smallest absolute Gasteiger partial charge is 0.151 e. The Labute approximate surface area is 558 Å². The lowest BCUT2D eigenvalue weighted by atomic mass is 9.71. The first-order chi connectivity index (χ1) is 42.9. The van der Waals surface area contributed by atoms with Crippen LogP contribution >= 0.6 is 0 Å². The maximum Gasteiger partial charge on any atom is 0.151 e. The number of phenolic OH excluding ortho intramolecular Hbond substituents is 2. The molecule has 93 heavy (non-hydrogen) atoms. The second kappa shape index (κ2) is 23.8. The van der Waals surface area contributed by atoms with Gasteiger partial charge in [-0.25, -0.2) is 0 Å². The van der Waals surface area contributed by atoms with Crippen LogP contribution in [0.5, 0.6) is 23.0 Å². The summed E-state index contributed by atoms with van der Waals surface area (Å²) in [4.78, 5) is 0. The predicted octanol–water partition coefficient (Wildman–Crippen LogP) is 24.3. The van der Waals surface area contributed by atoms with Gasteiger partial charge >= 0.3 is 0 Å². The first kappa shape index (κ1) is 68.4. The zero-order chi connectivity index (χ0) is 68.4. The second-order valence-electron chi connectivity index (χ2n) is 35.5. The second-order valence-corrected chi connectivity index (χ2v) is 35.5. The average Bonchev–Trinajstić information content (AvgIpc) is 1.63. The number of hydrogen-bond donors (Lipinski definition) is 2. The highest BCUT2D eigenvalue weighted by Crippen LogP contribution is 2.55. The van der Waals surface area contributed by atoms with Crippen LogP contribution in [0.2, 0.25) is 0 Å². The van der Waals surface area contributed by atoms with Crippen LogP contribution in [0, 0.1) is 38.5 Å².